The number of hydrogen-bond donors (Lipinski definition) is 1. The van der Waals surface area contributed by atoms with Crippen molar-refractivity contribution in [2.75, 3.05) is 20.2 Å². The number of benzene rings is 1. The molecule has 1 N–H and O–H groups in total. The molecule has 0 amide bonds. The molecule has 0 aromatic heterocycles. The molecule has 3 heteroatoms. The van der Waals surface area contributed by atoms with E-state index in [0.717, 1.165) is 13.0 Å². The second-order valence-corrected chi connectivity index (χ2v) is 4.58. The lowest BCUT2D eigenvalue weighted by atomic mass is 9.70. The third-order valence-electron chi connectivity index (χ3n) is 3.92. The molecule has 0 saturated carbocycles. The van der Waals surface area contributed by atoms with E-state index in [0.29, 0.717) is 6.54 Å². The zero-order valence-corrected chi connectivity index (χ0v) is 10.4. The van der Waals surface area contributed by atoms with Gasteiger partial charge in [0.05, 0.1) is 13.0 Å². The second kappa shape index (κ2) is 4.88. The van der Waals surface area contributed by atoms with Crippen LogP contribution in [0.1, 0.15) is 18.9 Å². The standard InChI is InChI=1S/C14H19NO2/c1-3-14(11-7-5-4-6-8-11)10-15-9-12(14)13(16)17-2/h4-8,12,15H,3,9-10H2,1-2H3. The highest BCUT2D eigenvalue weighted by Crippen LogP contribution is 2.39. The van der Waals surface area contributed by atoms with Gasteiger partial charge in [-0.05, 0) is 12.0 Å². The minimum atomic E-state index is -0.117. The van der Waals surface area contributed by atoms with Crippen LogP contribution in [-0.4, -0.2) is 26.2 Å². The van der Waals surface area contributed by atoms with E-state index < -0.39 is 0 Å². The third kappa shape index (κ3) is 1.95. The number of hydrogen-bond acceptors (Lipinski definition) is 3. The summed E-state index contributed by atoms with van der Waals surface area (Å²) in [7, 11) is 1.46. The van der Waals surface area contributed by atoms with Crippen LogP contribution < -0.4 is 5.32 Å². The molecule has 92 valence electrons. The van der Waals surface area contributed by atoms with Gasteiger partial charge in [0, 0.05) is 18.5 Å². The molecular formula is C14H19NO2. The van der Waals surface area contributed by atoms with Crippen molar-refractivity contribution >= 4 is 5.97 Å². The zero-order valence-electron chi connectivity index (χ0n) is 10.4. The van der Waals surface area contributed by atoms with E-state index in [1.165, 1.54) is 12.7 Å². The molecule has 17 heavy (non-hydrogen) atoms. The van der Waals surface area contributed by atoms with E-state index in [4.69, 9.17) is 4.74 Å². The first-order valence-electron chi connectivity index (χ1n) is 6.08. The van der Waals surface area contributed by atoms with Crippen LogP contribution in [0.3, 0.4) is 0 Å². The fraction of sp³-hybridized carbons (Fsp3) is 0.500. The molecule has 0 spiro atoms. The maximum atomic E-state index is 11.9. The van der Waals surface area contributed by atoms with Gasteiger partial charge in [-0.15, -0.1) is 0 Å². The highest BCUT2D eigenvalue weighted by Gasteiger charge is 2.47. The van der Waals surface area contributed by atoms with Crippen LogP contribution in [0.25, 0.3) is 0 Å². The second-order valence-electron chi connectivity index (χ2n) is 4.58. The Bertz CT molecular complexity index is 390. The average Bonchev–Trinajstić information content (AvgIpc) is 2.84. The summed E-state index contributed by atoms with van der Waals surface area (Å²) in [5.74, 6) is -0.194. The van der Waals surface area contributed by atoms with Crippen molar-refractivity contribution in [1.29, 1.82) is 0 Å². The molecule has 0 radical (unpaired) electrons. The lowest BCUT2D eigenvalue weighted by molar-refractivity contribution is -0.146. The topological polar surface area (TPSA) is 38.3 Å². The van der Waals surface area contributed by atoms with Crippen LogP contribution in [-0.2, 0) is 14.9 Å². The first kappa shape index (κ1) is 12.1. The van der Waals surface area contributed by atoms with E-state index in [1.54, 1.807) is 0 Å². The molecule has 1 saturated heterocycles. The molecule has 2 atom stereocenters. The van der Waals surface area contributed by atoms with Gasteiger partial charge in [-0.3, -0.25) is 4.79 Å². The molecule has 1 heterocycles. The van der Waals surface area contributed by atoms with Crippen molar-refractivity contribution in [1.82, 2.24) is 5.32 Å². The molecule has 1 aromatic rings. The van der Waals surface area contributed by atoms with E-state index in [9.17, 15) is 4.79 Å². The van der Waals surface area contributed by atoms with Gasteiger partial charge in [0.1, 0.15) is 0 Å². The van der Waals surface area contributed by atoms with Crippen LogP contribution in [0, 0.1) is 5.92 Å². The van der Waals surface area contributed by atoms with Gasteiger partial charge < -0.3 is 10.1 Å². The number of ether oxygens (including phenoxy) is 1. The van der Waals surface area contributed by atoms with Gasteiger partial charge in [0.15, 0.2) is 0 Å². The number of nitrogens with one attached hydrogen (secondary N) is 1. The Kier molecular flexibility index (Phi) is 3.48. The number of carbonyl (C=O) groups excluding carboxylic acids is 1. The molecule has 0 bridgehead atoms. The maximum absolute atomic E-state index is 11.9. The van der Waals surface area contributed by atoms with Crippen molar-refractivity contribution < 1.29 is 9.53 Å². The molecule has 1 fully saturated rings. The molecule has 3 nitrogen and oxygen atoms in total. The van der Waals surface area contributed by atoms with Crippen LogP contribution in [0.15, 0.2) is 30.3 Å². The summed E-state index contributed by atoms with van der Waals surface area (Å²) in [4.78, 5) is 11.9. The maximum Gasteiger partial charge on any atom is 0.310 e. The first-order chi connectivity index (χ1) is 8.24. The smallest absolute Gasteiger partial charge is 0.310 e. The molecule has 0 aliphatic carbocycles. The van der Waals surface area contributed by atoms with Crippen LogP contribution >= 0.6 is 0 Å². The highest BCUT2D eigenvalue weighted by molar-refractivity contribution is 5.75. The summed E-state index contributed by atoms with van der Waals surface area (Å²) in [5, 5.41) is 3.33. The van der Waals surface area contributed by atoms with Gasteiger partial charge in [0.2, 0.25) is 0 Å². The predicted octanol–water partition coefficient (Wildman–Crippen LogP) is 1.73. The summed E-state index contributed by atoms with van der Waals surface area (Å²) in [6.45, 7) is 3.68. The lowest BCUT2D eigenvalue weighted by Crippen LogP contribution is -2.39. The van der Waals surface area contributed by atoms with Gasteiger partial charge in [-0.2, -0.15) is 0 Å². The van der Waals surface area contributed by atoms with Crippen LogP contribution in [0.2, 0.25) is 0 Å². The quantitative estimate of drug-likeness (QED) is 0.808. The van der Waals surface area contributed by atoms with Gasteiger partial charge in [-0.1, -0.05) is 37.3 Å². The number of rotatable bonds is 3. The van der Waals surface area contributed by atoms with Crippen molar-refractivity contribution in [2.45, 2.75) is 18.8 Å². The molecule has 1 aliphatic rings. The molecule has 2 unspecified atom stereocenters. The third-order valence-corrected chi connectivity index (χ3v) is 3.92. The Morgan fingerprint density at radius 1 is 1.47 bits per heavy atom. The fourth-order valence-electron chi connectivity index (χ4n) is 2.86. The van der Waals surface area contributed by atoms with Gasteiger partial charge in [0.25, 0.3) is 0 Å². The molecular weight excluding hydrogens is 214 g/mol. The molecule has 1 aromatic carbocycles. The summed E-state index contributed by atoms with van der Waals surface area (Å²) in [6, 6.07) is 10.3. The molecule has 2 rings (SSSR count). The Hall–Kier alpha value is -1.35. The van der Waals surface area contributed by atoms with Crippen molar-refractivity contribution in [3.8, 4) is 0 Å². The Morgan fingerprint density at radius 3 is 2.76 bits per heavy atom. The summed E-state index contributed by atoms with van der Waals surface area (Å²) < 4.78 is 4.93. The summed E-state index contributed by atoms with van der Waals surface area (Å²) in [5.41, 5.74) is 1.11. The number of methoxy groups -OCH3 is 1. The van der Waals surface area contributed by atoms with Crippen LogP contribution in [0.4, 0.5) is 0 Å². The highest BCUT2D eigenvalue weighted by atomic mass is 16.5. The zero-order chi connectivity index (χ0) is 12.3. The minimum absolute atomic E-state index is 0.0834. The van der Waals surface area contributed by atoms with Crippen molar-refractivity contribution in [3.63, 3.8) is 0 Å². The Balaban J connectivity index is 2.39. The van der Waals surface area contributed by atoms with Crippen molar-refractivity contribution in [2.24, 2.45) is 5.92 Å². The summed E-state index contributed by atoms with van der Waals surface area (Å²) in [6.07, 6.45) is 0.934. The summed E-state index contributed by atoms with van der Waals surface area (Å²) >= 11 is 0. The number of carbonyl (C=O) groups is 1. The average molecular weight is 233 g/mol. The normalized spacial score (nSPS) is 28.0. The monoisotopic (exact) mass is 233 g/mol. The van der Waals surface area contributed by atoms with E-state index in [-0.39, 0.29) is 17.3 Å². The van der Waals surface area contributed by atoms with Gasteiger partial charge >= 0.3 is 5.97 Å². The number of esters is 1. The van der Waals surface area contributed by atoms with Crippen molar-refractivity contribution in [3.05, 3.63) is 35.9 Å². The predicted molar refractivity (Wildman–Crippen MR) is 66.8 cm³/mol. The SMILES string of the molecule is CCC1(c2ccccc2)CNCC1C(=O)OC. The lowest BCUT2D eigenvalue weighted by Gasteiger charge is -2.32. The largest absolute Gasteiger partial charge is 0.469 e. The molecule has 1 aliphatic heterocycles. The Morgan fingerprint density at radius 2 is 2.18 bits per heavy atom. The fourth-order valence-corrected chi connectivity index (χ4v) is 2.86. The Labute approximate surface area is 102 Å². The van der Waals surface area contributed by atoms with Gasteiger partial charge in [-0.25, -0.2) is 0 Å². The van der Waals surface area contributed by atoms with Crippen LogP contribution in [0.5, 0.6) is 0 Å². The van der Waals surface area contributed by atoms with E-state index in [2.05, 4.69) is 24.4 Å². The van der Waals surface area contributed by atoms with E-state index in [1.807, 2.05) is 18.2 Å². The first-order valence-corrected chi connectivity index (χ1v) is 6.08. The van der Waals surface area contributed by atoms with E-state index >= 15 is 0 Å². The minimum Gasteiger partial charge on any atom is -0.469 e.